The molecular formula is C24H21ClF6N4O3. The number of fused-ring (bicyclic) bond motifs is 1. The number of aliphatic imine (C=N–C) groups is 1. The van der Waals surface area contributed by atoms with Crippen molar-refractivity contribution in [3.63, 3.8) is 0 Å². The molecule has 1 aliphatic heterocycles. The van der Waals surface area contributed by atoms with Gasteiger partial charge in [0.25, 0.3) is 5.88 Å². The molecule has 3 heterocycles. The first kappa shape index (κ1) is 27.7. The Morgan fingerprint density at radius 2 is 1.87 bits per heavy atom. The summed E-state index contributed by atoms with van der Waals surface area (Å²) >= 11 is 6.44. The van der Waals surface area contributed by atoms with Crippen molar-refractivity contribution in [2.24, 2.45) is 23.9 Å². The standard InChI is InChI=1S/C24H21ClF6N4O3/c1-12-6-17(24(29,30)31)33-8-15(12)23(36,18-9-32-11-35(18)2)13-4-5-16-14(7-13)19(25)20(21(34-16)37-3)38-10-22(26,27)28/h4-9,11-12,15,36H,10H2,1-3H3. The van der Waals surface area contributed by atoms with Gasteiger partial charge in [-0.25, -0.2) is 9.97 Å². The van der Waals surface area contributed by atoms with E-state index >= 15 is 0 Å². The van der Waals surface area contributed by atoms with E-state index in [4.69, 9.17) is 21.1 Å². The molecule has 2 aromatic heterocycles. The predicted octanol–water partition coefficient (Wildman–Crippen LogP) is 5.59. The fraction of sp³-hybridized carbons (Fsp3) is 0.375. The number of methoxy groups -OCH3 is 1. The topological polar surface area (TPSA) is 81.8 Å². The van der Waals surface area contributed by atoms with Crippen molar-refractivity contribution in [3.05, 3.63) is 58.8 Å². The van der Waals surface area contributed by atoms with Crippen molar-refractivity contribution in [1.29, 1.82) is 0 Å². The lowest BCUT2D eigenvalue weighted by molar-refractivity contribution is -0.153. The highest BCUT2D eigenvalue weighted by atomic mass is 35.5. The smallest absolute Gasteiger partial charge is 0.433 e. The van der Waals surface area contributed by atoms with Crippen LogP contribution < -0.4 is 9.47 Å². The number of halogens is 7. The number of aliphatic hydroxyl groups is 1. The first-order valence-electron chi connectivity index (χ1n) is 11.1. The zero-order valence-corrected chi connectivity index (χ0v) is 20.9. The van der Waals surface area contributed by atoms with Crippen molar-refractivity contribution in [1.82, 2.24) is 14.5 Å². The maximum atomic E-state index is 13.3. The van der Waals surface area contributed by atoms with Gasteiger partial charge >= 0.3 is 12.4 Å². The first-order chi connectivity index (χ1) is 17.7. The summed E-state index contributed by atoms with van der Waals surface area (Å²) in [6.07, 6.45) is -4.60. The van der Waals surface area contributed by atoms with E-state index in [1.54, 1.807) is 7.05 Å². The number of alkyl halides is 6. The monoisotopic (exact) mass is 562 g/mol. The Kier molecular flexibility index (Phi) is 7.12. The summed E-state index contributed by atoms with van der Waals surface area (Å²) in [5.74, 6) is -2.56. The van der Waals surface area contributed by atoms with E-state index in [1.807, 2.05) is 0 Å². The number of aromatic nitrogens is 3. The summed E-state index contributed by atoms with van der Waals surface area (Å²) in [5, 5.41) is 12.1. The van der Waals surface area contributed by atoms with Crippen LogP contribution in [0.25, 0.3) is 10.9 Å². The molecule has 4 rings (SSSR count). The molecule has 3 atom stereocenters. The fourth-order valence-corrected chi connectivity index (χ4v) is 4.71. The van der Waals surface area contributed by atoms with E-state index in [9.17, 15) is 31.4 Å². The van der Waals surface area contributed by atoms with Gasteiger partial charge < -0.3 is 19.1 Å². The van der Waals surface area contributed by atoms with E-state index in [0.717, 1.165) is 12.3 Å². The Balaban J connectivity index is 1.89. The van der Waals surface area contributed by atoms with E-state index in [1.165, 1.54) is 49.3 Å². The predicted molar refractivity (Wildman–Crippen MR) is 126 cm³/mol. The van der Waals surface area contributed by atoms with Crippen LogP contribution in [0.4, 0.5) is 26.3 Å². The average Bonchev–Trinajstić information content (AvgIpc) is 3.27. The Hall–Kier alpha value is -3.32. The fourth-order valence-electron chi connectivity index (χ4n) is 4.42. The van der Waals surface area contributed by atoms with E-state index in [-0.39, 0.29) is 33.1 Å². The Bertz CT molecular complexity index is 1420. The SMILES string of the molecule is COc1nc2ccc(C(O)(c3cncn3C)C3C=NC(C(F)(F)F)=CC3C)cc2c(Cl)c1OCC(F)(F)F. The van der Waals surface area contributed by atoms with Gasteiger partial charge in [0, 0.05) is 24.6 Å². The second kappa shape index (κ2) is 9.77. The molecule has 0 radical (unpaired) electrons. The molecule has 7 nitrogen and oxygen atoms in total. The van der Waals surface area contributed by atoms with Crippen LogP contribution in [0, 0.1) is 11.8 Å². The van der Waals surface area contributed by atoms with Crippen LogP contribution in [0.5, 0.6) is 11.6 Å². The minimum absolute atomic E-state index is 0.120. The highest BCUT2D eigenvalue weighted by Gasteiger charge is 2.47. The van der Waals surface area contributed by atoms with Gasteiger partial charge in [0.1, 0.15) is 11.3 Å². The van der Waals surface area contributed by atoms with E-state index in [2.05, 4.69) is 15.0 Å². The van der Waals surface area contributed by atoms with Gasteiger partial charge in [0.2, 0.25) is 5.75 Å². The molecule has 0 spiro atoms. The second-order valence-corrected chi connectivity index (χ2v) is 9.15. The molecule has 3 unspecified atom stereocenters. The number of hydrogen-bond donors (Lipinski definition) is 1. The van der Waals surface area contributed by atoms with Gasteiger partial charge in [0.05, 0.1) is 35.9 Å². The number of imidazole rings is 1. The molecule has 1 aromatic carbocycles. The van der Waals surface area contributed by atoms with Crippen LogP contribution in [-0.2, 0) is 12.6 Å². The van der Waals surface area contributed by atoms with Gasteiger partial charge in [-0.05, 0) is 23.6 Å². The van der Waals surface area contributed by atoms with Crippen LogP contribution in [0.2, 0.25) is 5.02 Å². The number of aryl methyl sites for hydroxylation is 1. The van der Waals surface area contributed by atoms with Gasteiger partial charge in [0.15, 0.2) is 6.61 Å². The summed E-state index contributed by atoms with van der Waals surface area (Å²) in [6, 6.07) is 4.33. The van der Waals surface area contributed by atoms with Crippen molar-refractivity contribution in [2.75, 3.05) is 13.7 Å². The van der Waals surface area contributed by atoms with Crippen LogP contribution in [-0.4, -0.2) is 51.9 Å². The number of benzene rings is 1. The Morgan fingerprint density at radius 3 is 2.42 bits per heavy atom. The maximum Gasteiger partial charge on any atom is 0.433 e. The molecule has 3 aromatic rings. The summed E-state index contributed by atoms with van der Waals surface area (Å²) in [6.45, 7) is -0.148. The van der Waals surface area contributed by atoms with Crippen molar-refractivity contribution < 1.29 is 40.9 Å². The molecule has 14 heteroatoms. The van der Waals surface area contributed by atoms with Gasteiger partial charge in [-0.3, -0.25) is 4.99 Å². The molecule has 1 N–H and O–H groups in total. The minimum atomic E-state index is -4.67. The quantitative estimate of drug-likeness (QED) is 0.396. The van der Waals surface area contributed by atoms with Crippen molar-refractivity contribution in [3.8, 4) is 11.6 Å². The molecule has 0 bridgehead atoms. The summed E-state index contributed by atoms with van der Waals surface area (Å²) < 4.78 is 89.7. The highest BCUT2D eigenvalue weighted by molar-refractivity contribution is 6.37. The molecular weight excluding hydrogens is 542 g/mol. The number of ether oxygens (including phenoxy) is 2. The first-order valence-corrected chi connectivity index (χ1v) is 11.4. The van der Waals surface area contributed by atoms with Gasteiger partial charge in [-0.2, -0.15) is 26.3 Å². The molecule has 38 heavy (non-hydrogen) atoms. The lowest BCUT2D eigenvalue weighted by Crippen LogP contribution is -2.43. The zero-order valence-electron chi connectivity index (χ0n) is 20.1. The Morgan fingerprint density at radius 1 is 1.16 bits per heavy atom. The van der Waals surface area contributed by atoms with E-state index < -0.39 is 47.8 Å². The number of rotatable bonds is 6. The van der Waals surface area contributed by atoms with Crippen molar-refractivity contribution >= 4 is 28.7 Å². The third kappa shape index (κ3) is 5.04. The van der Waals surface area contributed by atoms with Crippen LogP contribution in [0.3, 0.4) is 0 Å². The Labute approximate surface area is 217 Å². The summed E-state index contributed by atoms with van der Waals surface area (Å²) in [5.41, 5.74) is -2.46. The largest absolute Gasteiger partial charge is 0.478 e. The number of nitrogens with zero attached hydrogens (tertiary/aromatic N) is 4. The molecule has 0 saturated carbocycles. The highest BCUT2D eigenvalue weighted by Crippen LogP contribution is 2.46. The number of pyridine rings is 1. The number of hydrogen-bond acceptors (Lipinski definition) is 6. The van der Waals surface area contributed by atoms with E-state index in [0.29, 0.717) is 0 Å². The third-order valence-electron chi connectivity index (χ3n) is 6.20. The van der Waals surface area contributed by atoms with Crippen LogP contribution in [0.15, 0.2) is 47.5 Å². The zero-order chi connectivity index (χ0) is 28.0. The lowest BCUT2D eigenvalue weighted by atomic mass is 9.72. The van der Waals surface area contributed by atoms with Gasteiger partial charge in [-0.15, -0.1) is 0 Å². The van der Waals surface area contributed by atoms with Gasteiger partial charge in [-0.1, -0.05) is 30.7 Å². The minimum Gasteiger partial charge on any atom is -0.478 e. The molecule has 1 aliphatic rings. The van der Waals surface area contributed by atoms with Crippen molar-refractivity contribution in [2.45, 2.75) is 24.9 Å². The lowest BCUT2D eigenvalue weighted by Gasteiger charge is -2.39. The summed E-state index contributed by atoms with van der Waals surface area (Å²) in [7, 11) is 2.78. The van der Waals surface area contributed by atoms with Crippen LogP contribution >= 0.6 is 11.6 Å². The molecule has 0 saturated heterocycles. The summed E-state index contributed by atoms with van der Waals surface area (Å²) in [4.78, 5) is 11.8. The molecule has 0 amide bonds. The normalized spacial score (nSPS) is 19.8. The number of allylic oxidation sites excluding steroid dienone is 2. The molecule has 204 valence electrons. The second-order valence-electron chi connectivity index (χ2n) is 8.77. The molecule has 0 aliphatic carbocycles. The average molecular weight is 563 g/mol. The third-order valence-corrected chi connectivity index (χ3v) is 6.58. The molecule has 0 fully saturated rings. The van der Waals surface area contributed by atoms with Crippen LogP contribution in [0.1, 0.15) is 18.2 Å². The maximum absolute atomic E-state index is 13.3.